The molecule has 0 aliphatic rings. The van der Waals surface area contributed by atoms with Crippen LogP contribution >= 0.6 is 11.3 Å². The fourth-order valence-electron chi connectivity index (χ4n) is 6.43. The van der Waals surface area contributed by atoms with Crippen LogP contribution in [-0.2, 0) is 0 Å². The van der Waals surface area contributed by atoms with Crippen LogP contribution < -0.4 is 0 Å². The van der Waals surface area contributed by atoms with E-state index in [1.54, 1.807) is 0 Å². The number of thiophene rings is 1. The van der Waals surface area contributed by atoms with Crippen molar-refractivity contribution in [3.63, 3.8) is 0 Å². The summed E-state index contributed by atoms with van der Waals surface area (Å²) < 4.78 is 3.49. The summed E-state index contributed by atoms with van der Waals surface area (Å²) in [6, 6.07) is 56.0. The minimum atomic E-state index is 0.665. The second-order valence-corrected chi connectivity index (χ2v) is 12.6. The number of benzene rings is 6. The lowest BCUT2D eigenvalue weighted by Crippen LogP contribution is -2.01. The Bertz CT molecular complexity index is 2490. The van der Waals surface area contributed by atoms with Crippen molar-refractivity contribution >= 4 is 43.2 Å². The minimum Gasteiger partial charge on any atom is -0.278 e. The van der Waals surface area contributed by atoms with Crippen molar-refractivity contribution in [1.29, 1.82) is 0 Å². The van der Waals surface area contributed by atoms with Crippen molar-refractivity contribution < 1.29 is 0 Å². The summed E-state index contributed by atoms with van der Waals surface area (Å²) in [6.45, 7) is 0. The number of nitrogens with zero attached hydrogens (tertiary/aromatic N) is 3. The largest absolute Gasteiger partial charge is 0.278 e. The quantitative estimate of drug-likeness (QED) is 0.195. The standard InChI is InChI=1S/C42H27N3S/c1-2-9-28(10-3-1)31-12-8-13-32(25-31)29-17-19-30(20-18-29)37-23-24-43-42(44-37)45-38-15-6-5-14-35(38)36-26-34(21-22-39(36)45)41-27-33-11-4-7-16-40(33)46-41/h1-27H. The van der Waals surface area contributed by atoms with Gasteiger partial charge in [-0.1, -0.05) is 115 Å². The number of aromatic nitrogens is 3. The van der Waals surface area contributed by atoms with E-state index in [4.69, 9.17) is 9.97 Å². The molecule has 0 unspecified atom stereocenters. The van der Waals surface area contributed by atoms with Crippen LogP contribution in [0.25, 0.3) is 81.8 Å². The van der Waals surface area contributed by atoms with Gasteiger partial charge in [0, 0.05) is 32.1 Å². The second kappa shape index (κ2) is 11.0. The maximum Gasteiger partial charge on any atom is 0.235 e. The molecule has 6 aromatic carbocycles. The molecular formula is C42H27N3S. The van der Waals surface area contributed by atoms with Gasteiger partial charge in [0.05, 0.1) is 16.7 Å². The third-order valence-corrected chi connectivity index (χ3v) is 9.87. The molecule has 0 bridgehead atoms. The van der Waals surface area contributed by atoms with Gasteiger partial charge in [-0.15, -0.1) is 11.3 Å². The molecule has 46 heavy (non-hydrogen) atoms. The lowest BCUT2D eigenvalue weighted by atomic mass is 9.98. The van der Waals surface area contributed by atoms with E-state index in [0.29, 0.717) is 5.95 Å². The summed E-state index contributed by atoms with van der Waals surface area (Å²) in [4.78, 5) is 11.2. The maximum atomic E-state index is 5.11. The first-order chi connectivity index (χ1) is 22.8. The molecule has 0 spiro atoms. The van der Waals surface area contributed by atoms with Gasteiger partial charge < -0.3 is 0 Å². The van der Waals surface area contributed by atoms with Crippen LogP contribution in [0, 0.1) is 0 Å². The second-order valence-electron chi connectivity index (χ2n) is 11.5. The first-order valence-corrected chi connectivity index (χ1v) is 16.2. The molecule has 4 heteroatoms. The predicted molar refractivity (Wildman–Crippen MR) is 193 cm³/mol. The highest BCUT2D eigenvalue weighted by Gasteiger charge is 2.16. The highest BCUT2D eigenvalue weighted by atomic mass is 32.1. The normalized spacial score (nSPS) is 11.5. The Labute approximate surface area is 270 Å². The van der Waals surface area contributed by atoms with Gasteiger partial charge in [-0.05, 0) is 75.7 Å². The van der Waals surface area contributed by atoms with Crippen LogP contribution in [0.15, 0.2) is 164 Å². The van der Waals surface area contributed by atoms with E-state index >= 15 is 0 Å². The van der Waals surface area contributed by atoms with Crippen LogP contribution in [0.2, 0.25) is 0 Å². The topological polar surface area (TPSA) is 30.7 Å². The van der Waals surface area contributed by atoms with Crippen LogP contribution in [0.3, 0.4) is 0 Å². The van der Waals surface area contributed by atoms with E-state index in [9.17, 15) is 0 Å². The number of rotatable bonds is 5. The zero-order chi connectivity index (χ0) is 30.5. The highest BCUT2D eigenvalue weighted by Crippen LogP contribution is 2.38. The molecule has 0 saturated heterocycles. The van der Waals surface area contributed by atoms with Gasteiger partial charge in [-0.3, -0.25) is 4.57 Å². The minimum absolute atomic E-state index is 0.665. The zero-order valence-corrected chi connectivity index (χ0v) is 25.7. The number of fused-ring (bicyclic) bond motifs is 4. The molecule has 0 aliphatic carbocycles. The molecule has 0 amide bonds. The molecule has 3 nitrogen and oxygen atoms in total. The molecule has 0 N–H and O–H groups in total. The maximum absolute atomic E-state index is 5.11. The van der Waals surface area contributed by atoms with Crippen LogP contribution in [0.4, 0.5) is 0 Å². The van der Waals surface area contributed by atoms with E-state index in [1.807, 2.05) is 23.6 Å². The number of hydrogen-bond acceptors (Lipinski definition) is 3. The fourth-order valence-corrected chi connectivity index (χ4v) is 7.48. The molecule has 0 aliphatic heterocycles. The van der Waals surface area contributed by atoms with E-state index in [-0.39, 0.29) is 0 Å². The summed E-state index contributed by atoms with van der Waals surface area (Å²) in [5.41, 5.74) is 10.2. The molecule has 3 heterocycles. The molecular weight excluding hydrogens is 579 g/mol. The van der Waals surface area contributed by atoms with Gasteiger partial charge in [-0.25, -0.2) is 9.97 Å². The SMILES string of the molecule is c1ccc(-c2cccc(-c3ccc(-c4ccnc(-n5c6ccccc6c6cc(-c7cc8ccccc8s7)ccc65)n4)cc3)c2)cc1. The Balaban J connectivity index is 1.09. The summed E-state index contributed by atoms with van der Waals surface area (Å²) in [7, 11) is 0. The summed E-state index contributed by atoms with van der Waals surface area (Å²) in [5, 5.41) is 3.67. The first kappa shape index (κ1) is 26.6. The summed E-state index contributed by atoms with van der Waals surface area (Å²) >= 11 is 1.83. The van der Waals surface area contributed by atoms with Crippen LogP contribution in [-0.4, -0.2) is 14.5 Å². The van der Waals surface area contributed by atoms with Crippen LogP contribution in [0.5, 0.6) is 0 Å². The average Bonchev–Trinajstić information content (AvgIpc) is 3.72. The predicted octanol–water partition coefficient (Wildman–Crippen LogP) is 11.5. The Morgan fingerprint density at radius 1 is 0.457 bits per heavy atom. The molecule has 9 rings (SSSR count). The van der Waals surface area contributed by atoms with Gasteiger partial charge in [0.15, 0.2) is 0 Å². The molecule has 216 valence electrons. The lowest BCUT2D eigenvalue weighted by molar-refractivity contribution is 0.992. The van der Waals surface area contributed by atoms with E-state index in [2.05, 4.69) is 156 Å². The van der Waals surface area contributed by atoms with Crippen molar-refractivity contribution in [2.45, 2.75) is 0 Å². The average molecular weight is 606 g/mol. The van der Waals surface area contributed by atoms with Crippen LogP contribution in [0.1, 0.15) is 0 Å². The molecule has 9 aromatic rings. The Hall–Kier alpha value is -5.84. The Morgan fingerprint density at radius 2 is 1.13 bits per heavy atom. The van der Waals surface area contributed by atoms with Gasteiger partial charge in [0.2, 0.25) is 5.95 Å². The molecule has 0 radical (unpaired) electrons. The first-order valence-electron chi connectivity index (χ1n) is 15.4. The van der Waals surface area contributed by atoms with E-state index in [1.165, 1.54) is 53.6 Å². The molecule has 0 saturated carbocycles. The van der Waals surface area contributed by atoms with E-state index in [0.717, 1.165) is 22.3 Å². The molecule has 0 fully saturated rings. The van der Waals surface area contributed by atoms with Gasteiger partial charge in [-0.2, -0.15) is 0 Å². The summed E-state index contributed by atoms with van der Waals surface area (Å²) in [6.07, 6.45) is 1.86. The monoisotopic (exact) mass is 605 g/mol. The third kappa shape index (κ3) is 4.59. The van der Waals surface area contributed by atoms with Crippen molar-refractivity contribution in [2.24, 2.45) is 0 Å². The van der Waals surface area contributed by atoms with Gasteiger partial charge in [0.25, 0.3) is 0 Å². The Kier molecular flexibility index (Phi) is 6.32. The summed E-state index contributed by atoms with van der Waals surface area (Å²) in [5.74, 6) is 0.665. The van der Waals surface area contributed by atoms with Gasteiger partial charge >= 0.3 is 0 Å². The van der Waals surface area contributed by atoms with Gasteiger partial charge in [0.1, 0.15) is 0 Å². The van der Waals surface area contributed by atoms with E-state index < -0.39 is 0 Å². The highest BCUT2D eigenvalue weighted by molar-refractivity contribution is 7.22. The third-order valence-electron chi connectivity index (χ3n) is 8.71. The number of hydrogen-bond donors (Lipinski definition) is 0. The van der Waals surface area contributed by atoms with Crippen molar-refractivity contribution in [1.82, 2.24) is 14.5 Å². The lowest BCUT2D eigenvalue weighted by Gasteiger charge is -2.09. The Morgan fingerprint density at radius 3 is 1.98 bits per heavy atom. The molecule has 0 atom stereocenters. The van der Waals surface area contributed by atoms with Crippen molar-refractivity contribution in [2.75, 3.05) is 0 Å². The number of para-hydroxylation sites is 1. The van der Waals surface area contributed by atoms with Crippen molar-refractivity contribution in [3.05, 3.63) is 164 Å². The van der Waals surface area contributed by atoms with Crippen molar-refractivity contribution in [3.8, 4) is 49.9 Å². The smallest absolute Gasteiger partial charge is 0.235 e. The fraction of sp³-hybridized carbons (Fsp3) is 0. The zero-order valence-electron chi connectivity index (χ0n) is 24.8. The molecule has 3 aromatic heterocycles.